The van der Waals surface area contributed by atoms with Crippen LogP contribution in [0.2, 0.25) is 0 Å². The number of likely N-dealkylation sites (N-methyl/N-ethyl adjacent to an activating group) is 1. The van der Waals surface area contributed by atoms with Crippen LogP contribution in [0.25, 0.3) is 6.08 Å². The maximum Gasteiger partial charge on any atom is 0.290 e. The fourth-order valence-corrected chi connectivity index (χ4v) is 3.67. The molecule has 0 aromatic heterocycles. The van der Waals surface area contributed by atoms with E-state index in [1.165, 1.54) is 5.56 Å². The summed E-state index contributed by atoms with van der Waals surface area (Å²) in [5.41, 5.74) is 3.31. The van der Waals surface area contributed by atoms with E-state index in [0.717, 1.165) is 42.5 Å². The van der Waals surface area contributed by atoms with E-state index in [4.69, 9.17) is 0 Å². The van der Waals surface area contributed by atoms with Crippen LogP contribution in [-0.4, -0.2) is 49.3 Å². The van der Waals surface area contributed by atoms with Crippen molar-refractivity contribution in [2.24, 2.45) is 0 Å². The van der Waals surface area contributed by atoms with Gasteiger partial charge >= 0.3 is 0 Å². The number of thioether (sulfide) groups is 1. The van der Waals surface area contributed by atoms with Crippen LogP contribution in [0.15, 0.2) is 23.1 Å². The maximum atomic E-state index is 11.8. The molecule has 2 amide bonds. The highest BCUT2D eigenvalue weighted by atomic mass is 32.2. The molecule has 0 saturated carbocycles. The third kappa shape index (κ3) is 3.43. The van der Waals surface area contributed by atoms with Crippen LogP contribution in [0.1, 0.15) is 17.5 Å². The minimum absolute atomic E-state index is 0.302. The molecule has 2 aliphatic rings. The van der Waals surface area contributed by atoms with Crippen molar-refractivity contribution in [3.8, 4) is 0 Å². The van der Waals surface area contributed by atoms with Gasteiger partial charge in [-0.05, 0) is 62.5 Å². The standard InChI is InChI=1S/C17H21N3O2S/c1-11-4-5-12(9-15-16(21)18-17(22)23-15)14(8-11)20-7-6-13(10-20)19(2)3/h4-5,8-9,13H,6-7,10H2,1-3H3,(H,18,21,22). The smallest absolute Gasteiger partial charge is 0.290 e. The zero-order chi connectivity index (χ0) is 16.6. The van der Waals surface area contributed by atoms with Gasteiger partial charge in [-0.3, -0.25) is 14.9 Å². The summed E-state index contributed by atoms with van der Waals surface area (Å²) >= 11 is 0.964. The first-order chi connectivity index (χ1) is 10.9. The van der Waals surface area contributed by atoms with Crippen LogP contribution < -0.4 is 10.2 Å². The van der Waals surface area contributed by atoms with Gasteiger partial charge in [-0.25, -0.2) is 0 Å². The number of carbonyl (C=O) groups is 2. The molecule has 2 heterocycles. The van der Waals surface area contributed by atoms with E-state index in [1.54, 1.807) is 0 Å². The molecular formula is C17H21N3O2S. The quantitative estimate of drug-likeness (QED) is 0.862. The molecule has 0 radical (unpaired) electrons. The van der Waals surface area contributed by atoms with Crippen molar-refractivity contribution in [3.63, 3.8) is 0 Å². The normalized spacial score (nSPS) is 23.2. The monoisotopic (exact) mass is 331 g/mol. The summed E-state index contributed by atoms with van der Waals surface area (Å²) in [5.74, 6) is -0.306. The lowest BCUT2D eigenvalue weighted by molar-refractivity contribution is -0.115. The summed E-state index contributed by atoms with van der Waals surface area (Å²) < 4.78 is 0. The Morgan fingerprint density at radius 3 is 2.74 bits per heavy atom. The molecule has 6 heteroatoms. The van der Waals surface area contributed by atoms with Crippen molar-refractivity contribution in [1.29, 1.82) is 0 Å². The third-order valence-corrected chi connectivity index (χ3v) is 5.16. The van der Waals surface area contributed by atoms with Crippen molar-refractivity contribution in [1.82, 2.24) is 10.2 Å². The Balaban J connectivity index is 1.92. The summed E-state index contributed by atoms with van der Waals surface area (Å²) in [4.78, 5) is 28.2. The molecule has 1 N–H and O–H groups in total. The van der Waals surface area contributed by atoms with Gasteiger partial charge in [-0.1, -0.05) is 12.1 Å². The molecular weight excluding hydrogens is 310 g/mol. The average Bonchev–Trinajstić information content (AvgIpc) is 3.08. The number of imide groups is 1. The number of rotatable bonds is 3. The molecule has 23 heavy (non-hydrogen) atoms. The lowest BCUT2D eigenvalue weighted by Gasteiger charge is -2.24. The fourth-order valence-electron chi connectivity index (χ4n) is 2.99. The van der Waals surface area contributed by atoms with Crippen LogP contribution in [0.3, 0.4) is 0 Å². The van der Waals surface area contributed by atoms with E-state index < -0.39 is 0 Å². The highest BCUT2D eigenvalue weighted by molar-refractivity contribution is 8.18. The molecule has 2 aliphatic heterocycles. The van der Waals surface area contributed by atoms with Gasteiger partial charge in [0.05, 0.1) is 4.91 Å². The Hall–Kier alpha value is -1.79. The van der Waals surface area contributed by atoms with Crippen molar-refractivity contribution < 1.29 is 9.59 Å². The van der Waals surface area contributed by atoms with E-state index in [9.17, 15) is 9.59 Å². The first kappa shape index (κ1) is 16.1. The van der Waals surface area contributed by atoms with Crippen LogP contribution >= 0.6 is 11.8 Å². The summed E-state index contributed by atoms with van der Waals surface area (Å²) in [7, 11) is 4.22. The molecule has 2 fully saturated rings. The van der Waals surface area contributed by atoms with Gasteiger partial charge in [0.15, 0.2) is 0 Å². The number of hydrogen-bond donors (Lipinski definition) is 1. The van der Waals surface area contributed by atoms with E-state index in [2.05, 4.69) is 42.2 Å². The number of amides is 2. The summed E-state index contributed by atoms with van der Waals surface area (Å²) in [5, 5.41) is 2.00. The summed E-state index contributed by atoms with van der Waals surface area (Å²) in [6, 6.07) is 6.76. The molecule has 3 rings (SSSR count). The Morgan fingerprint density at radius 2 is 2.13 bits per heavy atom. The van der Waals surface area contributed by atoms with Gasteiger partial charge in [0.2, 0.25) is 0 Å². The van der Waals surface area contributed by atoms with Gasteiger partial charge in [-0.2, -0.15) is 0 Å². The Labute approximate surface area is 140 Å². The molecule has 1 unspecified atom stereocenters. The number of anilines is 1. The second-order valence-corrected chi connectivity index (χ2v) is 7.28. The molecule has 1 aromatic rings. The number of benzene rings is 1. The first-order valence-electron chi connectivity index (χ1n) is 7.71. The van der Waals surface area contributed by atoms with E-state index in [-0.39, 0.29) is 11.1 Å². The Morgan fingerprint density at radius 1 is 1.35 bits per heavy atom. The van der Waals surface area contributed by atoms with E-state index >= 15 is 0 Å². The summed E-state index contributed by atoms with van der Waals surface area (Å²) in [6.07, 6.45) is 2.95. The second-order valence-electron chi connectivity index (χ2n) is 6.27. The zero-order valence-electron chi connectivity index (χ0n) is 13.6. The van der Waals surface area contributed by atoms with Gasteiger partial charge < -0.3 is 9.80 Å². The average molecular weight is 331 g/mol. The Kier molecular flexibility index (Phi) is 4.46. The number of nitrogens with zero attached hydrogens (tertiary/aromatic N) is 2. The Bertz CT molecular complexity index is 684. The fraction of sp³-hybridized carbons (Fsp3) is 0.412. The van der Waals surface area contributed by atoms with Crippen LogP contribution in [0, 0.1) is 6.92 Å². The van der Waals surface area contributed by atoms with Crippen LogP contribution in [0.5, 0.6) is 0 Å². The summed E-state index contributed by atoms with van der Waals surface area (Å²) in [6.45, 7) is 4.05. The van der Waals surface area contributed by atoms with Gasteiger partial charge in [0, 0.05) is 24.8 Å². The molecule has 0 bridgehead atoms. The zero-order valence-corrected chi connectivity index (χ0v) is 14.4. The number of nitrogens with one attached hydrogen (secondary N) is 1. The van der Waals surface area contributed by atoms with Gasteiger partial charge in [0.1, 0.15) is 0 Å². The molecule has 1 aromatic carbocycles. The van der Waals surface area contributed by atoms with Crippen molar-refractivity contribution in [3.05, 3.63) is 34.2 Å². The maximum absolute atomic E-state index is 11.8. The molecule has 2 saturated heterocycles. The highest BCUT2D eigenvalue weighted by Crippen LogP contribution is 2.32. The minimum atomic E-state index is -0.306. The van der Waals surface area contributed by atoms with Crippen molar-refractivity contribution in [2.75, 3.05) is 32.1 Å². The van der Waals surface area contributed by atoms with Crippen LogP contribution in [0.4, 0.5) is 10.5 Å². The number of carbonyl (C=O) groups excluding carboxylic acids is 2. The third-order valence-electron chi connectivity index (χ3n) is 4.35. The largest absolute Gasteiger partial charge is 0.369 e. The van der Waals surface area contributed by atoms with Gasteiger partial charge in [0.25, 0.3) is 11.1 Å². The molecule has 5 nitrogen and oxygen atoms in total. The van der Waals surface area contributed by atoms with Gasteiger partial charge in [-0.15, -0.1) is 0 Å². The molecule has 1 atom stereocenters. The molecule has 0 aliphatic carbocycles. The van der Waals surface area contributed by atoms with Crippen LogP contribution in [-0.2, 0) is 4.79 Å². The second kappa shape index (κ2) is 6.37. The number of hydrogen-bond acceptors (Lipinski definition) is 5. The van der Waals surface area contributed by atoms with E-state index in [1.807, 2.05) is 18.2 Å². The predicted octanol–water partition coefficient (Wildman–Crippen LogP) is 2.46. The van der Waals surface area contributed by atoms with E-state index in [0.29, 0.717) is 10.9 Å². The SMILES string of the molecule is Cc1ccc(C=C2SC(=O)NC2=O)c(N2CCC(N(C)C)C2)c1. The minimum Gasteiger partial charge on any atom is -0.369 e. The predicted molar refractivity (Wildman–Crippen MR) is 94.6 cm³/mol. The highest BCUT2D eigenvalue weighted by Gasteiger charge is 2.28. The first-order valence-corrected chi connectivity index (χ1v) is 8.52. The van der Waals surface area contributed by atoms with Crippen molar-refractivity contribution in [2.45, 2.75) is 19.4 Å². The topological polar surface area (TPSA) is 52.7 Å². The molecule has 122 valence electrons. The van der Waals surface area contributed by atoms with Crippen molar-refractivity contribution >= 4 is 34.7 Å². The molecule has 0 spiro atoms. The lowest BCUT2D eigenvalue weighted by Crippen LogP contribution is -2.31. The lowest BCUT2D eigenvalue weighted by atomic mass is 10.1. The number of aryl methyl sites for hydroxylation is 1.